The lowest BCUT2D eigenvalue weighted by molar-refractivity contribution is 0.383. The molecule has 1 aromatic rings. The van der Waals surface area contributed by atoms with E-state index in [0.29, 0.717) is 17.5 Å². The molecule has 96 valence electrons. The van der Waals surface area contributed by atoms with Gasteiger partial charge in [-0.1, -0.05) is 44.5 Å². The molecule has 1 rings (SSSR count). The fourth-order valence-electron chi connectivity index (χ4n) is 1.99. The van der Waals surface area contributed by atoms with Gasteiger partial charge in [-0.2, -0.15) is 0 Å². The molecular weight excluding hydrogens is 237 g/mol. The summed E-state index contributed by atoms with van der Waals surface area (Å²) in [5, 5.41) is 3.65. The van der Waals surface area contributed by atoms with E-state index in [1.54, 1.807) is 12.1 Å². The van der Waals surface area contributed by atoms with Gasteiger partial charge in [0, 0.05) is 6.04 Å². The van der Waals surface area contributed by atoms with Gasteiger partial charge in [0.25, 0.3) is 0 Å². The fourth-order valence-corrected chi connectivity index (χ4v) is 2.18. The Morgan fingerprint density at radius 3 is 2.65 bits per heavy atom. The van der Waals surface area contributed by atoms with Crippen molar-refractivity contribution < 1.29 is 4.39 Å². The first-order valence-electron chi connectivity index (χ1n) is 6.22. The molecular formula is C14H21ClFN. The summed E-state index contributed by atoms with van der Waals surface area (Å²) in [5.74, 6) is 0.283. The van der Waals surface area contributed by atoms with Crippen molar-refractivity contribution in [2.24, 2.45) is 5.92 Å². The Labute approximate surface area is 108 Å². The summed E-state index contributed by atoms with van der Waals surface area (Å²) in [6.07, 6.45) is 1.66. The molecule has 0 amide bonds. The van der Waals surface area contributed by atoms with Crippen LogP contribution in [0.25, 0.3) is 0 Å². The van der Waals surface area contributed by atoms with Crippen LogP contribution in [0.3, 0.4) is 0 Å². The van der Waals surface area contributed by atoms with Crippen molar-refractivity contribution in [3.63, 3.8) is 0 Å². The van der Waals surface area contributed by atoms with Crippen LogP contribution < -0.4 is 5.32 Å². The lowest BCUT2D eigenvalue weighted by atomic mass is 9.96. The van der Waals surface area contributed by atoms with Gasteiger partial charge in [-0.3, -0.25) is 0 Å². The van der Waals surface area contributed by atoms with E-state index in [4.69, 9.17) is 11.6 Å². The molecule has 3 heteroatoms. The molecule has 1 unspecified atom stereocenters. The van der Waals surface area contributed by atoms with Crippen LogP contribution in [0, 0.1) is 11.7 Å². The van der Waals surface area contributed by atoms with E-state index < -0.39 is 0 Å². The molecule has 0 spiro atoms. The summed E-state index contributed by atoms with van der Waals surface area (Å²) < 4.78 is 13.7. The molecule has 0 aliphatic carbocycles. The highest BCUT2D eigenvalue weighted by Crippen LogP contribution is 2.20. The SMILES string of the molecule is CCNC(CCc1cccc(Cl)c1F)C(C)C. The monoisotopic (exact) mass is 257 g/mol. The average molecular weight is 258 g/mol. The van der Waals surface area contributed by atoms with E-state index in [2.05, 4.69) is 26.1 Å². The third-order valence-electron chi connectivity index (χ3n) is 3.03. The third kappa shape index (κ3) is 4.29. The zero-order valence-electron chi connectivity index (χ0n) is 10.8. The summed E-state index contributed by atoms with van der Waals surface area (Å²) in [4.78, 5) is 0. The van der Waals surface area contributed by atoms with Crippen LogP contribution in [0.4, 0.5) is 4.39 Å². The highest BCUT2D eigenvalue weighted by atomic mass is 35.5. The third-order valence-corrected chi connectivity index (χ3v) is 3.32. The van der Waals surface area contributed by atoms with Crippen molar-refractivity contribution in [2.45, 2.75) is 39.7 Å². The van der Waals surface area contributed by atoms with E-state index in [1.807, 2.05) is 6.07 Å². The Morgan fingerprint density at radius 2 is 2.06 bits per heavy atom. The average Bonchev–Trinajstić information content (AvgIpc) is 2.29. The summed E-state index contributed by atoms with van der Waals surface area (Å²) in [5.41, 5.74) is 0.709. The van der Waals surface area contributed by atoms with Gasteiger partial charge in [0.2, 0.25) is 0 Å². The molecule has 17 heavy (non-hydrogen) atoms. The fraction of sp³-hybridized carbons (Fsp3) is 0.571. The van der Waals surface area contributed by atoms with E-state index in [9.17, 15) is 4.39 Å². The number of hydrogen-bond acceptors (Lipinski definition) is 1. The first-order valence-corrected chi connectivity index (χ1v) is 6.60. The van der Waals surface area contributed by atoms with E-state index in [0.717, 1.165) is 19.4 Å². The van der Waals surface area contributed by atoms with Crippen LogP contribution >= 0.6 is 11.6 Å². The van der Waals surface area contributed by atoms with Crippen LogP contribution in [-0.4, -0.2) is 12.6 Å². The smallest absolute Gasteiger partial charge is 0.144 e. The molecule has 0 heterocycles. The zero-order valence-corrected chi connectivity index (χ0v) is 11.5. The van der Waals surface area contributed by atoms with Gasteiger partial charge < -0.3 is 5.32 Å². The maximum Gasteiger partial charge on any atom is 0.144 e. The van der Waals surface area contributed by atoms with Crippen molar-refractivity contribution in [3.05, 3.63) is 34.6 Å². The standard InChI is InChI=1S/C14H21ClFN/c1-4-17-13(10(2)3)9-8-11-6-5-7-12(15)14(11)16/h5-7,10,13,17H,4,8-9H2,1-3H3. The molecule has 1 aromatic carbocycles. The Balaban J connectivity index is 2.62. The van der Waals surface area contributed by atoms with Crippen molar-refractivity contribution in [2.75, 3.05) is 6.54 Å². The number of nitrogens with one attached hydrogen (secondary N) is 1. The van der Waals surface area contributed by atoms with Gasteiger partial charge in [0.05, 0.1) is 5.02 Å². The largest absolute Gasteiger partial charge is 0.314 e. The molecule has 0 aromatic heterocycles. The predicted octanol–water partition coefficient (Wildman–Crippen LogP) is 4.05. The molecule has 0 fully saturated rings. The minimum atomic E-state index is -0.270. The van der Waals surface area contributed by atoms with Gasteiger partial charge in [-0.05, 0) is 36.9 Å². The second kappa shape index (κ2) is 6.97. The molecule has 0 saturated heterocycles. The maximum absolute atomic E-state index is 13.7. The van der Waals surface area contributed by atoms with Gasteiger partial charge in [0.15, 0.2) is 0 Å². The molecule has 1 nitrogen and oxygen atoms in total. The summed E-state index contributed by atoms with van der Waals surface area (Å²) in [6.45, 7) is 7.40. The normalized spacial score (nSPS) is 13.1. The number of rotatable bonds is 6. The van der Waals surface area contributed by atoms with Gasteiger partial charge in [0.1, 0.15) is 5.82 Å². The summed E-state index contributed by atoms with van der Waals surface area (Å²) >= 11 is 5.76. The van der Waals surface area contributed by atoms with Crippen molar-refractivity contribution in [3.8, 4) is 0 Å². The van der Waals surface area contributed by atoms with Crippen LogP contribution in [0.2, 0.25) is 5.02 Å². The molecule has 0 aliphatic heterocycles. The minimum Gasteiger partial charge on any atom is -0.314 e. The highest BCUT2D eigenvalue weighted by molar-refractivity contribution is 6.30. The first kappa shape index (κ1) is 14.5. The Bertz CT molecular complexity index is 352. The van der Waals surface area contributed by atoms with Crippen molar-refractivity contribution in [1.29, 1.82) is 0 Å². The highest BCUT2D eigenvalue weighted by Gasteiger charge is 2.13. The second-order valence-corrected chi connectivity index (χ2v) is 5.07. The first-order chi connectivity index (χ1) is 8.06. The second-order valence-electron chi connectivity index (χ2n) is 4.66. The number of benzene rings is 1. The lowest BCUT2D eigenvalue weighted by Gasteiger charge is -2.21. The van der Waals surface area contributed by atoms with Gasteiger partial charge in [-0.15, -0.1) is 0 Å². The van der Waals surface area contributed by atoms with Crippen molar-refractivity contribution >= 4 is 11.6 Å². The van der Waals surface area contributed by atoms with E-state index in [-0.39, 0.29) is 10.8 Å². The maximum atomic E-state index is 13.7. The number of hydrogen-bond donors (Lipinski definition) is 1. The molecule has 0 bridgehead atoms. The summed E-state index contributed by atoms with van der Waals surface area (Å²) in [6, 6.07) is 5.63. The van der Waals surface area contributed by atoms with Crippen LogP contribution in [0.15, 0.2) is 18.2 Å². The molecule has 0 radical (unpaired) electrons. The lowest BCUT2D eigenvalue weighted by Crippen LogP contribution is -2.34. The Morgan fingerprint density at radius 1 is 1.35 bits per heavy atom. The predicted molar refractivity (Wildman–Crippen MR) is 72.0 cm³/mol. The van der Waals surface area contributed by atoms with Gasteiger partial charge >= 0.3 is 0 Å². The Hall–Kier alpha value is -0.600. The quantitative estimate of drug-likeness (QED) is 0.811. The van der Waals surface area contributed by atoms with Crippen LogP contribution in [-0.2, 0) is 6.42 Å². The molecule has 1 atom stereocenters. The minimum absolute atomic E-state index is 0.215. The zero-order chi connectivity index (χ0) is 12.8. The Kier molecular flexibility index (Phi) is 5.93. The van der Waals surface area contributed by atoms with E-state index in [1.165, 1.54) is 0 Å². The number of aryl methyl sites for hydroxylation is 1. The van der Waals surface area contributed by atoms with Crippen LogP contribution in [0.5, 0.6) is 0 Å². The van der Waals surface area contributed by atoms with Crippen molar-refractivity contribution in [1.82, 2.24) is 5.32 Å². The molecule has 1 N–H and O–H groups in total. The topological polar surface area (TPSA) is 12.0 Å². The molecule has 0 aliphatic rings. The van der Waals surface area contributed by atoms with Crippen LogP contribution in [0.1, 0.15) is 32.8 Å². The molecule has 0 saturated carbocycles. The number of halogens is 2. The van der Waals surface area contributed by atoms with Gasteiger partial charge in [-0.25, -0.2) is 4.39 Å². The van der Waals surface area contributed by atoms with E-state index >= 15 is 0 Å². The summed E-state index contributed by atoms with van der Waals surface area (Å²) in [7, 11) is 0.